The Labute approximate surface area is 158 Å². The number of halogens is 1. The molecule has 0 bridgehead atoms. The van der Waals surface area contributed by atoms with Gasteiger partial charge in [-0.1, -0.05) is 35.9 Å². The Morgan fingerprint density at radius 1 is 1.04 bits per heavy atom. The van der Waals surface area contributed by atoms with Crippen LogP contribution in [0.4, 0.5) is 5.82 Å². The molecule has 0 atom stereocenters. The summed E-state index contributed by atoms with van der Waals surface area (Å²) in [5.74, 6) is 0.672. The van der Waals surface area contributed by atoms with Crippen LogP contribution >= 0.6 is 11.6 Å². The van der Waals surface area contributed by atoms with E-state index in [2.05, 4.69) is 42.7 Å². The number of aromatic nitrogens is 1. The lowest BCUT2D eigenvalue weighted by molar-refractivity contribution is 0.0955. The number of rotatable bonds is 5. The van der Waals surface area contributed by atoms with E-state index in [0.29, 0.717) is 23.7 Å². The zero-order chi connectivity index (χ0) is 18.7. The van der Waals surface area contributed by atoms with Crippen molar-refractivity contribution >= 4 is 34.2 Å². The van der Waals surface area contributed by atoms with Crippen LogP contribution in [0.15, 0.2) is 42.5 Å². The molecule has 0 unspecified atom stereocenters. The first-order valence-electron chi connectivity index (χ1n) is 8.61. The number of anilines is 1. The fourth-order valence-corrected chi connectivity index (χ4v) is 3.09. The standard InChI is InChI=1S/C21H22ClN3O/c1-13-8-9-16-12-14(2)20(25-19(16)15(13)3)23-10-11-24-21(26)17-6-4-5-7-18(17)22/h4-9,12H,10-11H2,1-3H3,(H,23,25)(H,24,26). The van der Waals surface area contributed by atoms with Crippen molar-refractivity contribution in [3.8, 4) is 0 Å². The highest BCUT2D eigenvalue weighted by Gasteiger charge is 2.09. The predicted octanol–water partition coefficient (Wildman–Crippen LogP) is 4.66. The topological polar surface area (TPSA) is 54.0 Å². The van der Waals surface area contributed by atoms with Crippen LogP contribution < -0.4 is 10.6 Å². The lowest BCUT2D eigenvalue weighted by Gasteiger charge is -2.13. The van der Waals surface area contributed by atoms with E-state index in [-0.39, 0.29) is 5.91 Å². The summed E-state index contributed by atoms with van der Waals surface area (Å²) in [6, 6.07) is 13.4. The number of carbonyl (C=O) groups excluding carboxylic acids is 1. The molecule has 2 N–H and O–H groups in total. The third-order valence-corrected chi connectivity index (χ3v) is 4.85. The summed E-state index contributed by atoms with van der Waals surface area (Å²) in [4.78, 5) is 16.9. The van der Waals surface area contributed by atoms with Crippen molar-refractivity contribution in [2.75, 3.05) is 18.4 Å². The highest BCUT2D eigenvalue weighted by atomic mass is 35.5. The van der Waals surface area contributed by atoms with Crippen molar-refractivity contribution in [1.82, 2.24) is 10.3 Å². The lowest BCUT2D eigenvalue weighted by atomic mass is 10.0. The lowest BCUT2D eigenvalue weighted by Crippen LogP contribution is -2.29. The van der Waals surface area contributed by atoms with E-state index in [4.69, 9.17) is 16.6 Å². The molecule has 0 fully saturated rings. The van der Waals surface area contributed by atoms with Crippen LogP contribution in [-0.4, -0.2) is 24.0 Å². The van der Waals surface area contributed by atoms with Crippen molar-refractivity contribution in [2.24, 2.45) is 0 Å². The summed E-state index contributed by atoms with van der Waals surface area (Å²) < 4.78 is 0. The summed E-state index contributed by atoms with van der Waals surface area (Å²) in [7, 11) is 0. The van der Waals surface area contributed by atoms with E-state index in [0.717, 1.165) is 22.3 Å². The minimum atomic E-state index is -0.174. The summed E-state index contributed by atoms with van der Waals surface area (Å²) in [6.45, 7) is 7.28. The molecule has 4 nitrogen and oxygen atoms in total. The molecule has 1 aromatic heterocycles. The molecule has 5 heteroatoms. The van der Waals surface area contributed by atoms with Gasteiger partial charge in [0.2, 0.25) is 0 Å². The first-order chi connectivity index (χ1) is 12.5. The predicted molar refractivity (Wildman–Crippen MR) is 108 cm³/mol. The van der Waals surface area contributed by atoms with Crippen LogP contribution in [0.2, 0.25) is 5.02 Å². The minimum Gasteiger partial charge on any atom is -0.368 e. The van der Waals surface area contributed by atoms with Gasteiger partial charge >= 0.3 is 0 Å². The van der Waals surface area contributed by atoms with Crippen LogP contribution in [-0.2, 0) is 0 Å². The maximum absolute atomic E-state index is 12.2. The number of benzene rings is 2. The van der Waals surface area contributed by atoms with Crippen molar-refractivity contribution in [3.05, 3.63) is 69.7 Å². The molecule has 134 valence electrons. The molecule has 0 aliphatic carbocycles. The molecule has 0 saturated carbocycles. The number of fused-ring (bicyclic) bond motifs is 1. The molecule has 1 amide bonds. The molecule has 1 heterocycles. The number of hydrogen-bond donors (Lipinski definition) is 2. The highest BCUT2D eigenvalue weighted by molar-refractivity contribution is 6.33. The normalized spacial score (nSPS) is 10.8. The van der Waals surface area contributed by atoms with Gasteiger partial charge in [0, 0.05) is 18.5 Å². The smallest absolute Gasteiger partial charge is 0.252 e. The maximum Gasteiger partial charge on any atom is 0.252 e. The van der Waals surface area contributed by atoms with Gasteiger partial charge in [-0.3, -0.25) is 4.79 Å². The van der Waals surface area contributed by atoms with Crippen LogP contribution in [0.3, 0.4) is 0 Å². The molecule has 0 radical (unpaired) electrons. The van der Waals surface area contributed by atoms with Crippen LogP contribution in [0.25, 0.3) is 10.9 Å². The van der Waals surface area contributed by atoms with Gasteiger partial charge in [-0.2, -0.15) is 0 Å². The Hall–Kier alpha value is -2.59. The Kier molecular flexibility index (Phi) is 5.43. The third kappa shape index (κ3) is 3.81. The van der Waals surface area contributed by atoms with Gasteiger partial charge in [0.05, 0.1) is 16.1 Å². The molecule has 3 aromatic rings. The number of aryl methyl sites for hydroxylation is 3. The second-order valence-corrected chi connectivity index (χ2v) is 6.80. The molecule has 0 saturated heterocycles. The molecular formula is C21H22ClN3O. The molecular weight excluding hydrogens is 346 g/mol. The van der Waals surface area contributed by atoms with E-state index < -0.39 is 0 Å². The minimum absolute atomic E-state index is 0.174. The zero-order valence-electron chi connectivity index (χ0n) is 15.2. The van der Waals surface area contributed by atoms with Gasteiger partial charge < -0.3 is 10.6 Å². The zero-order valence-corrected chi connectivity index (χ0v) is 15.9. The summed E-state index contributed by atoms with van der Waals surface area (Å²) >= 11 is 6.05. The van der Waals surface area contributed by atoms with Crippen molar-refractivity contribution in [3.63, 3.8) is 0 Å². The van der Waals surface area contributed by atoms with Gasteiger partial charge in [-0.05, 0) is 55.7 Å². The second kappa shape index (κ2) is 7.75. The van der Waals surface area contributed by atoms with Crippen molar-refractivity contribution in [1.29, 1.82) is 0 Å². The number of hydrogen-bond acceptors (Lipinski definition) is 3. The third-order valence-electron chi connectivity index (χ3n) is 4.52. The van der Waals surface area contributed by atoms with Gasteiger partial charge in [0.15, 0.2) is 0 Å². The molecule has 0 spiro atoms. The summed E-state index contributed by atoms with van der Waals surface area (Å²) in [5.41, 5.74) is 5.00. The average Bonchev–Trinajstić information content (AvgIpc) is 2.63. The van der Waals surface area contributed by atoms with Crippen molar-refractivity contribution in [2.45, 2.75) is 20.8 Å². The van der Waals surface area contributed by atoms with Crippen molar-refractivity contribution < 1.29 is 4.79 Å². The Morgan fingerprint density at radius 3 is 2.58 bits per heavy atom. The van der Waals surface area contributed by atoms with Gasteiger partial charge in [0.1, 0.15) is 5.82 Å². The van der Waals surface area contributed by atoms with Crippen LogP contribution in [0.1, 0.15) is 27.0 Å². The quantitative estimate of drug-likeness (QED) is 0.645. The van der Waals surface area contributed by atoms with E-state index in [1.54, 1.807) is 24.3 Å². The van der Waals surface area contributed by atoms with Gasteiger partial charge in [-0.25, -0.2) is 4.98 Å². The highest BCUT2D eigenvalue weighted by Crippen LogP contribution is 2.24. The molecule has 0 aliphatic rings. The van der Waals surface area contributed by atoms with Gasteiger partial charge in [0.25, 0.3) is 5.91 Å². The van der Waals surface area contributed by atoms with E-state index in [9.17, 15) is 4.79 Å². The SMILES string of the molecule is Cc1cc2ccc(C)c(C)c2nc1NCCNC(=O)c1ccccc1Cl. The van der Waals surface area contributed by atoms with E-state index in [1.165, 1.54) is 11.1 Å². The fourth-order valence-electron chi connectivity index (χ4n) is 2.86. The Morgan fingerprint density at radius 2 is 1.81 bits per heavy atom. The largest absolute Gasteiger partial charge is 0.368 e. The fraction of sp³-hybridized carbons (Fsp3) is 0.238. The first-order valence-corrected chi connectivity index (χ1v) is 8.99. The number of nitrogens with one attached hydrogen (secondary N) is 2. The van der Waals surface area contributed by atoms with Gasteiger partial charge in [-0.15, -0.1) is 0 Å². The summed E-state index contributed by atoms with van der Waals surface area (Å²) in [5, 5.41) is 7.78. The molecule has 0 aliphatic heterocycles. The Balaban J connectivity index is 1.65. The molecule has 26 heavy (non-hydrogen) atoms. The summed E-state index contributed by atoms with van der Waals surface area (Å²) in [6.07, 6.45) is 0. The number of carbonyl (C=O) groups is 1. The monoisotopic (exact) mass is 367 g/mol. The number of pyridine rings is 1. The number of amides is 1. The Bertz CT molecular complexity index is 969. The second-order valence-electron chi connectivity index (χ2n) is 6.40. The first kappa shape index (κ1) is 18.2. The molecule has 3 rings (SSSR count). The van der Waals surface area contributed by atoms with Crippen LogP contribution in [0.5, 0.6) is 0 Å². The number of nitrogens with zero attached hydrogens (tertiary/aromatic N) is 1. The van der Waals surface area contributed by atoms with E-state index >= 15 is 0 Å². The van der Waals surface area contributed by atoms with E-state index in [1.807, 2.05) is 6.92 Å². The average molecular weight is 368 g/mol. The van der Waals surface area contributed by atoms with Crippen LogP contribution in [0, 0.1) is 20.8 Å². The molecule has 2 aromatic carbocycles. The maximum atomic E-state index is 12.2.